The highest BCUT2D eigenvalue weighted by atomic mass is 15.0. The zero-order chi connectivity index (χ0) is 30.0. The van der Waals surface area contributed by atoms with Gasteiger partial charge in [-0.05, 0) is 57.6 Å². The molecule has 7 aromatic rings. The fourth-order valence-electron chi connectivity index (χ4n) is 7.21. The maximum atomic E-state index is 10.9. The number of nitriles is 2. The summed E-state index contributed by atoms with van der Waals surface area (Å²) in [5.41, 5.74) is 11.9. The van der Waals surface area contributed by atoms with Crippen molar-refractivity contribution in [3.63, 3.8) is 0 Å². The van der Waals surface area contributed by atoms with Crippen LogP contribution < -0.4 is 0 Å². The Kier molecular flexibility index (Phi) is 5.60. The van der Waals surface area contributed by atoms with Crippen LogP contribution in [-0.4, -0.2) is 4.57 Å². The van der Waals surface area contributed by atoms with E-state index in [0.29, 0.717) is 16.8 Å². The van der Waals surface area contributed by atoms with Crippen molar-refractivity contribution in [1.82, 2.24) is 4.57 Å². The number of hydrogen-bond donors (Lipinski definition) is 0. The summed E-state index contributed by atoms with van der Waals surface area (Å²) in [5, 5.41) is 23.9. The second kappa shape index (κ2) is 9.56. The molecule has 8 rings (SSSR count). The molecule has 0 spiro atoms. The molecule has 0 radical (unpaired) electrons. The van der Waals surface area contributed by atoms with Crippen LogP contribution in [0.1, 0.15) is 36.1 Å². The first-order valence-electron chi connectivity index (χ1n) is 14.8. The molecular weight excluding hydrogens is 534 g/mol. The average molecular weight is 562 g/mol. The van der Waals surface area contributed by atoms with E-state index in [1.807, 2.05) is 72.8 Å². The lowest BCUT2D eigenvalue weighted by Crippen LogP contribution is -2.15. The minimum atomic E-state index is -0.196. The lowest BCUT2D eigenvalue weighted by molar-refractivity contribution is 0.661. The van der Waals surface area contributed by atoms with Crippen LogP contribution >= 0.6 is 0 Å². The van der Waals surface area contributed by atoms with Crippen LogP contribution in [0.2, 0.25) is 0 Å². The molecule has 44 heavy (non-hydrogen) atoms. The fraction of sp³-hybridized carbons (Fsp3) is 0.0732. The lowest BCUT2D eigenvalue weighted by atomic mass is 9.82. The monoisotopic (exact) mass is 561 g/mol. The second-order valence-electron chi connectivity index (χ2n) is 12.0. The Labute approximate surface area is 256 Å². The van der Waals surface area contributed by atoms with Crippen molar-refractivity contribution in [2.75, 3.05) is 0 Å². The van der Waals surface area contributed by atoms with Crippen LogP contribution in [0.25, 0.3) is 60.9 Å². The Morgan fingerprint density at radius 3 is 1.70 bits per heavy atom. The van der Waals surface area contributed by atoms with E-state index in [2.05, 4.69) is 85.2 Å². The van der Waals surface area contributed by atoms with E-state index in [0.717, 1.165) is 44.1 Å². The highest BCUT2D eigenvalue weighted by molar-refractivity contribution is 6.12. The first-order chi connectivity index (χ1) is 21.5. The van der Waals surface area contributed by atoms with Crippen LogP contribution in [0, 0.1) is 22.7 Å². The molecule has 0 atom stereocenters. The summed E-state index contributed by atoms with van der Waals surface area (Å²) in [6.07, 6.45) is 0. The standard InChI is InChI=1S/C41H27N3/c1-41(2)36-19-11-9-17-28(36)32-22-33-29-18-10-12-20-38(29)44(39(33)23-37(32)41)40-34(24-42)30(26-13-5-3-6-14-26)21-31(35(40)25-43)27-15-7-4-8-16-27/h3-23H,1-2H3. The summed E-state index contributed by atoms with van der Waals surface area (Å²) < 4.78 is 2.17. The summed E-state index contributed by atoms with van der Waals surface area (Å²) in [7, 11) is 0. The highest BCUT2D eigenvalue weighted by Crippen LogP contribution is 2.51. The minimum Gasteiger partial charge on any atom is -0.307 e. The molecule has 0 saturated carbocycles. The third-order valence-corrected chi connectivity index (χ3v) is 9.29. The quantitative estimate of drug-likeness (QED) is 0.215. The first-order valence-corrected chi connectivity index (χ1v) is 14.8. The topological polar surface area (TPSA) is 52.5 Å². The van der Waals surface area contributed by atoms with Crippen molar-refractivity contribution >= 4 is 21.8 Å². The fourth-order valence-corrected chi connectivity index (χ4v) is 7.21. The Hall–Kier alpha value is -5.90. The lowest BCUT2D eigenvalue weighted by Gasteiger charge is -2.22. The molecule has 1 heterocycles. The molecule has 0 aliphatic heterocycles. The van der Waals surface area contributed by atoms with E-state index in [9.17, 15) is 10.5 Å². The molecule has 0 saturated heterocycles. The van der Waals surface area contributed by atoms with Gasteiger partial charge in [0.1, 0.15) is 12.1 Å². The maximum Gasteiger partial charge on any atom is 0.102 e. The summed E-state index contributed by atoms with van der Waals surface area (Å²) in [6, 6.07) is 48.7. The van der Waals surface area contributed by atoms with Gasteiger partial charge in [0.15, 0.2) is 0 Å². The first kappa shape index (κ1) is 25.8. The van der Waals surface area contributed by atoms with Gasteiger partial charge in [-0.1, -0.05) is 117 Å². The molecule has 3 nitrogen and oxygen atoms in total. The molecule has 0 unspecified atom stereocenters. The normalized spacial score (nSPS) is 12.9. The number of rotatable bonds is 3. The Balaban J connectivity index is 1.57. The summed E-state index contributed by atoms with van der Waals surface area (Å²) in [6.45, 7) is 4.56. The van der Waals surface area contributed by atoms with Gasteiger partial charge in [0.2, 0.25) is 0 Å². The van der Waals surface area contributed by atoms with Crippen LogP contribution in [0.3, 0.4) is 0 Å². The van der Waals surface area contributed by atoms with Crippen molar-refractivity contribution in [3.05, 3.63) is 150 Å². The van der Waals surface area contributed by atoms with E-state index in [1.165, 1.54) is 22.3 Å². The van der Waals surface area contributed by atoms with Crippen molar-refractivity contribution in [2.45, 2.75) is 19.3 Å². The molecule has 0 fully saturated rings. The smallest absolute Gasteiger partial charge is 0.102 e. The maximum absolute atomic E-state index is 10.9. The van der Waals surface area contributed by atoms with Crippen LogP contribution in [0.5, 0.6) is 0 Å². The number of aromatic nitrogens is 1. The Bertz CT molecular complexity index is 2290. The van der Waals surface area contributed by atoms with Crippen molar-refractivity contribution in [1.29, 1.82) is 10.5 Å². The summed E-state index contributed by atoms with van der Waals surface area (Å²) in [5.74, 6) is 0. The highest BCUT2D eigenvalue weighted by Gasteiger charge is 2.36. The number of fused-ring (bicyclic) bond motifs is 6. The van der Waals surface area contributed by atoms with Crippen LogP contribution in [-0.2, 0) is 5.41 Å². The van der Waals surface area contributed by atoms with Crippen molar-refractivity contribution in [2.24, 2.45) is 0 Å². The zero-order valence-corrected chi connectivity index (χ0v) is 24.5. The summed E-state index contributed by atoms with van der Waals surface area (Å²) >= 11 is 0. The molecule has 1 aromatic heterocycles. The van der Waals surface area contributed by atoms with Gasteiger partial charge in [0, 0.05) is 27.3 Å². The zero-order valence-electron chi connectivity index (χ0n) is 24.5. The van der Waals surface area contributed by atoms with E-state index in [1.54, 1.807) is 0 Å². The average Bonchev–Trinajstić information content (AvgIpc) is 3.51. The van der Waals surface area contributed by atoms with Gasteiger partial charge in [-0.3, -0.25) is 0 Å². The molecule has 1 aliphatic carbocycles. The molecule has 0 N–H and O–H groups in total. The number of para-hydroxylation sites is 1. The van der Waals surface area contributed by atoms with Gasteiger partial charge in [-0.2, -0.15) is 10.5 Å². The predicted octanol–water partition coefficient (Wildman–Crippen LogP) is 10.2. The molecule has 0 bridgehead atoms. The Morgan fingerprint density at radius 2 is 1.07 bits per heavy atom. The third-order valence-electron chi connectivity index (χ3n) is 9.29. The van der Waals surface area contributed by atoms with Gasteiger partial charge < -0.3 is 4.57 Å². The number of benzene rings is 6. The van der Waals surface area contributed by atoms with Crippen molar-refractivity contribution < 1.29 is 0 Å². The van der Waals surface area contributed by atoms with E-state index in [-0.39, 0.29) is 5.41 Å². The molecule has 206 valence electrons. The van der Waals surface area contributed by atoms with E-state index >= 15 is 0 Å². The molecular formula is C41H27N3. The van der Waals surface area contributed by atoms with Crippen molar-refractivity contribution in [3.8, 4) is 51.2 Å². The van der Waals surface area contributed by atoms with Gasteiger partial charge in [-0.25, -0.2) is 0 Å². The summed E-state index contributed by atoms with van der Waals surface area (Å²) in [4.78, 5) is 0. The van der Waals surface area contributed by atoms with Crippen LogP contribution in [0.15, 0.2) is 127 Å². The SMILES string of the molecule is CC1(C)c2ccccc2-c2cc3c4ccccc4n(-c4c(C#N)c(-c5ccccc5)cc(-c5ccccc5)c4C#N)c3cc21. The third kappa shape index (κ3) is 3.54. The van der Waals surface area contributed by atoms with Gasteiger partial charge >= 0.3 is 0 Å². The Morgan fingerprint density at radius 1 is 0.500 bits per heavy atom. The predicted molar refractivity (Wildman–Crippen MR) is 179 cm³/mol. The molecule has 3 heteroatoms. The largest absolute Gasteiger partial charge is 0.307 e. The second-order valence-corrected chi connectivity index (χ2v) is 12.0. The van der Waals surface area contributed by atoms with E-state index in [4.69, 9.17) is 0 Å². The van der Waals surface area contributed by atoms with Gasteiger partial charge in [-0.15, -0.1) is 0 Å². The number of nitrogens with zero attached hydrogens (tertiary/aromatic N) is 3. The molecule has 6 aromatic carbocycles. The van der Waals surface area contributed by atoms with E-state index < -0.39 is 0 Å². The molecule has 0 amide bonds. The minimum absolute atomic E-state index is 0.196. The van der Waals surface area contributed by atoms with Crippen LogP contribution in [0.4, 0.5) is 0 Å². The van der Waals surface area contributed by atoms with Gasteiger partial charge in [0.05, 0.1) is 27.8 Å². The molecule has 1 aliphatic rings. The number of hydrogen-bond acceptors (Lipinski definition) is 2. The van der Waals surface area contributed by atoms with Gasteiger partial charge in [0.25, 0.3) is 0 Å².